The molecular weight excluding hydrogens is 344 g/mol. The number of pyridine rings is 1. The molecule has 2 bridgehead atoms. The monoisotopic (exact) mass is 366 g/mol. The van der Waals surface area contributed by atoms with E-state index >= 15 is 0 Å². The lowest BCUT2D eigenvalue weighted by molar-refractivity contribution is -0.114. The lowest BCUT2D eigenvalue weighted by Gasteiger charge is -2.21. The number of nitrogens with zero attached hydrogens (tertiary/aromatic N) is 1. The third-order valence-electron chi connectivity index (χ3n) is 5.00. The van der Waals surface area contributed by atoms with E-state index in [9.17, 15) is 9.59 Å². The molecule has 2 fully saturated rings. The zero-order valence-corrected chi connectivity index (χ0v) is 15.1. The van der Waals surface area contributed by atoms with Crippen LogP contribution in [0.2, 0.25) is 0 Å². The minimum absolute atomic E-state index is 0.0576. The summed E-state index contributed by atoms with van der Waals surface area (Å²) in [4.78, 5) is 27.6. The largest absolute Gasteiger partial charge is 0.457 e. The van der Waals surface area contributed by atoms with Crippen LogP contribution in [0.5, 0.6) is 11.5 Å². The van der Waals surface area contributed by atoms with Gasteiger partial charge in [-0.05, 0) is 49.6 Å². The molecule has 1 aromatic heterocycles. The van der Waals surface area contributed by atoms with Crippen molar-refractivity contribution in [1.29, 1.82) is 0 Å². The summed E-state index contributed by atoms with van der Waals surface area (Å²) < 4.78 is 5.78. The van der Waals surface area contributed by atoms with Gasteiger partial charge < -0.3 is 20.7 Å². The molecule has 0 saturated carbocycles. The highest BCUT2D eigenvalue weighted by Crippen LogP contribution is 2.28. The third kappa shape index (κ3) is 4.09. The molecule has 27 heavy (non-hydrogen) atoms. The van der Waals surface area contributed by atoms with E-state index < -0.39 is 0 Å². The Labute approximate surface area is 157 Å². The van der Waals surface area contributed by atoms with Gasteiger partial charge in [0, 0.05) is 42.9 Å². The van der Waals surface area contributed by atoms with Crippen molar-refractivity contribution in [2.24, 2.45) is 0 Å². The van der Waals surface area contributed by atoms with Gasteiger partial charge in [-0.3, -0.25) is 9.59 Å². The van der Waals surface area contributed by atoms with E-state index in [0.717, 1.165) is 12.8 Å². The van der Waals surface area contributed by atoms with Gasteiger partial charge in [0.05, 0.1) is 0 Å². The van der Waals surface area contributed by atoms with Crippen molar-refractivity contribution in [3.63, 3.8) is 0 Å². The van der Waals surface area contributed by atoms with E-state index in [2.05, 4.69) is 20.9 Å². The molecular formula is C20H22N4O3. The molecule has 3 atom stereocenters. The van der Waals surface area contributed by atoms with Crippen LogP contribution < -0.4 is 20.7 Å². The summed E-state index contributed by atoms with van der Waals surface area (Å²) in [5.74, 6) is 1.33. The van der Waals surface area contributed by atoms with Crippen LogP contribution in [0.1, 0.15) is 36.5 Å². The Morgan fingerprint density at radius 1 is 1.15 bits per heavy atom. The average molecular weight is 366 g/mol. The van der Waals surface area contributed by atoms with E-state index in [1.807, 2.05) is 0 Å². The van der Waals surface area contributed by atoms with Crippen LogP contribution in [0.4, 0.5) is 5.82 Å². The van der Waals surface area contributed by atoms with Gasteiger partial charge in [-0.25, -0.2) is 4.98 Å². The number of benzene rings is 1. The Balaban J connectivity index is 1.37. The number of hydrogen-bond acceptors (Lipinski definition) is 5. The minimum atomic E-state index is -0.194. The van der Waals surface area contributed by atoms with Gasteiger partial charge in [-0.15, -0.1) is 0 Å². The highest BCUT2D eigenvalue weighted by atomic mass is 16.5. The van der Waals surface area contributed by atoms with Crippen molar-refractivity contribution in [2.75, 3.05) is 5.32 Å². The van der Waals surface area contributed by atoms with Gasteiger partial charge in [-0.1, -0.05) is 0 Å². The number of hydrogen-bond donors (Lipinski definition) is 3. The number of amides is 2. The molecule has 2 saturated heterocycles. The first-order valence-corrected chi connectivity index (χ1v) is 9.15. The second kappa shape index (κ2) is 7.36. The maximum absolute atomic E-state index is 12.5. The molecule has 3 unspecified atom stereocenters. The fourth-order valence-corrected chi connectivity index (χ4v) is 3.77. The quantitative estimate of drug-likeness (QED) is 0.756. The molecule has 2 aromatic rings. The number of aromatic nitrogens is 1. The molecule has 2 amide bonds. The fraction of sp³-hybridized carbons (Fsp3) is 0.350. The summed E-state index contributed by atoms with van der Waals surface area (Å²) in [5.41, 5.74) is 0.610. The Kier molecular flexibility index (Phi) is 4.77. The van der Waals surface area contributed by atoms with Crippen molar-refractivity contribution in [3.05, 3.63) is 48.2 Å². The van der Waals surface area contributed by atoms with Crippen LogP contribution in [0.3, 0.4) is 0 Å². The number of carbonyl (C=O) groups excluding carboxylic acids is 2. The van der Waals surface area contributed by atoms with Crippen molar-refractivity contribution >= 4 is 17.6 Å². The van der Waals surface area contributed by atoms with E-state index in [1.165, 1.54) is 13.3 Å². The summed E-state index contributed by atoms with van der Waals surface area (Å²) >= 11 is 0. The molecule has 140 valence electrons. The van der Waals surface area contributed by atoms with Gasteiger partial charge in [0.25, 0.3) is 5.91 Å². The Bertz CT molecular complexity index is 853. The van der Waals surface area contributed by atoms with Gasteiger partial charge in [0.2, 0.25) is 5.91 Å². The summed E-state index contributed by atoms with van der Waals surface area (Å²) in [6.07, 6.45) is 4.92. The molecule has 3 heterocycles. The van der Waals surface area contributed by atoms with Gasteiger partial charge in [-0.2, -0.15) is 0 Å². The van der Waals surface area contributed by atoms with Crippen LogP contribution in [-0.2, 0) is 4.79 Å². The zero-order chi connectivity index (χ0) is 18.8. The average Bonchev–Trinajstić information content (AvgIpc) is 3.25. The van der Waals surface area contributed by atoms with Crippen LogP contribution in [-0.4, -0.2) is 34.9 Å². The maximum atomic E-state index is 12.5. The Morgan fingerprint density at radius 2 is 1.96 bits per heavy atom. The fourth-order valence-electron chi connectivity index (χ4n) is 3.77. The third-order valence-corrected chi connectivity index (χ3v) is 5.00. The van der Waals surface area contributed by atoms with Crippen LogP contribution >= 0.6 is 0 Å². The first-order valence-electron chi connectivity index (χ1n) is 9.15. The SMILES string of the molecule is CC(=O)Nc1cc(Oc2ccc(C(=O)NC3CC4CCC3N4)cc2)ccn1. The smallest absolute Gasteiger partial charge is 0.251 e. The molecule has 0 spiro atoms. The summed E-state index contributed by atoms with van der Waals surface area (Å²) in [6.45, 7) is 1.42. The van der Waals surface area contributed by atoms with Crippen LogP contribution in [0, 0.1) is 0 Å². The lowest BCUT2D eigenvalue weighted by atomic mass is 9.95. The lowest BCUT2D eigenvalue weighted by Crippen LogP contribution is -2.42. The number of ether oxygens (including phenoxy) is 1. The molecule has 7 nitrogen and oxygen atoms in total. The predicted molar refractivity (Wildman–Crippen MR) is 101 cm³/mol. The minimum Gasteiger partial charge on any atom is -0.457 e. The van der Waals surface area contributed by atoms with Crippen molar-refractivity contribution in [1.82, 2.24) is 15.6 Å². The maximum Gasteiger partial charge on any atom is 0.251 e. The molecule has 7 heteroatoms. The second-order valence-electron chi connectivity index (χ2n) is 7.05. The summed E-state index contributed by atoms with van der Waals surface area (Å²) in [6, 6.07) is 11.5. The zero-order valence-electron chi connectivity index (χ0n) is 15.1. The number of carbonyl (C=O) groups is 2. The molecule has 4 rings (SSSR count). The molecule has 3 N–H and O–H groups in total. The van der Waals surface area contributed by atoms with Gasteiger partial charge in [0.1, 0.15) is 17.3 Å². The van der Waals surface area contributed by atoms with Crippen molar-refractivity contribution < 1.29 is 14.3 Å². The predicted octanol–water partition coefficient (Wildman–Crippen LogP) is 2.46. The molecule has 0 radical (unpaired) electrons. The normalized spacial score (nSPS) is 23.1. The summed E-state index contributed by atoms with van der Waals surface area (Å²) in [5, 5.41) is 9.26. The molecule has 1 aromatic carbocycles. The molecule has 2 aliphatic heterocycles. The highest BCUT2D eigenvalue weighted by molar-refractivity contribution is 5.94. The van der Waals surface area contributed by atoms with E-state index in [0.29, 0.717) is 35.0 Å². The van der Waals surface area contributed by atoms with E-state index in [4.69, 9.17) is 4.74 Å². The number of nitrogens with one attached hydrogen (secondary N) is 3. The van der Waals surface area contributed by atoms with Crippen LogP contribution in [0.25, 0.3) is 0 Å². The first kappa shape index (κ1) is 17.5. The standard InChI is InChI=1S/C20H22N4O3/c1-12(25)22-19-11-16(8-9-21-19)27-15-5-2-13(3-6-15)20(26)24-18-10-14-4-7-17(18)23-14/h2-3,5-6,8-9,11,14,17-18,23H,4,7,10H2,1H3,(H,24,26)(H,21,22,25). The topological polar surface area (TPSA) is 92.3 Å². The Morgan fingerprint density at radius 3 is 2.63 bits per heavy atom. The van der Waals surface area contributed by atoms with Gasteiger partial charge in [0.15, 0.2) is 0 Å². The second-order valence-corrected chi connectivity index (χ2v) is 7.05. The number of fused-ring (bicyclic) bond motifs is 2. The van der Waals surface area contributed by atoms with E-state index in [-0.39, 0.29) is 17.9 Å². The van der Waals surface area contributed by atoms with Crippen molar-refractivity contribution in [2.45, 2.75) is 44.3 Å². The van der Waals surface area contributed by atoms with Gasteiger partial charge >= 0.3 is 0 Å². The summed E-state index contributed by atoms with van der Waals surface area (Å²) in [7, 11) is 0. The van der Waals surface area contributed by atoms with Crippen LogP contribution in [0.15, 0.2) is 42.6 Å². The molecule has 2 aliphatic rings. The first-order chi connectivity index (χ1) is 13.1. The van der Waals surface area contributed by atoms with Crippen molar-refractivity contribution in [3.8, 4) is 11.5 Å². The van der Waals surface area contributed by atoms with E-state index in [1.54, 1.807) is 42.6 Å². The molecule has 0 aliphatic carbocycles. The Hall–Kier alpha value is -2.93. The highest BCUT2D eigenvalue weighted by Gasteiger charge is 2.39. The number of anilines is 1. The number of rotatable bonds is 5.